The summed E-state index contributed by atoms with van der Waals surface area (Å²) in [5.74, 6) is 0.236. The van der Waals surface area contributed by atoms with Gasteiger partial charge in [-0.3, -0.25) is 15.0 Å². The van der Waals surface area contributed by atoms with Gasteiger partial charge >= 0.3 is 0 Å². The number of hydrogen-bond acceptors (Lipinski definition) is 4. The Morgan fingerprint density at radius 3 is 1.23 bits per heavy atom. The highest BCUT2D eigenvalue weighted by atomic mass is 16.3. The lowest BCUT2D eigenvalue weighted by atomic mass is 9.89. The van der Waals surface area contributed by atoms with Gasteiger partial charge in [-0.2, -0.15) is 0 Å². The van der Waals surface area contributed by atoms with Crippen molar-refractivity contribution in [2.45, 2.75) is 25.7 Å². The molecule has 0 fully saturated rings. The number of phenolic OH excluding ortho intramolecular Hbond substituents is 1. The van der Waals surface area contributed by atoms with Crippen LogP contribution in [0.2, 0.25) is 0 Å². The summed E-state index contributed by atoms with van der Waals surface area (Å²) in [4.78, 5) is 13.5. The number of rotatable bonds is 11. The minimum absolute atomic E-state index is 0.236. The van der Waals surface area contributed by atoms with E-state index < -0.39 is 0 Å². The topological polar surface area (TPSA) is 58.9 Å². The van der Waals surface area contributed by atoms with E-state index >= 15 is 0 Å². The molecule has 0 atom stereocenters. The van der Waals surface area contributed by atoms with Gasteiger partial charge in [0.2, 0.25) is 0 Å². The number of hydrogen-bond donors (Lipinski definition) is 1. The van der Waals surface area contributed by atoms with E-state index in [1.165, 1.54) is 22.3 Å². The molecular formula is C49H39N3O. The fraction of sp³-hybridized carbons (Fsp3) is 0.0816. The summed E-state index contributed by atoms with van der Waals surface area (Å²) >= 11 is 0. The Balaban J connectivity index is 1.09. The number of aryl methyl sites for hydroxylation is 4. The Hall–Kier alpha value is -6.65. The summed E-state index contributed by atoms with van der Waals surface area (Å²) in [6, 6.07) is 56.6. The van der Waals surface area contributed by atoms with E-state index in [1.54, 1.807) is 6.20 Å². The summed E-state index contributed by atoms with van der Waals surface area (Å²) in [7, 11) is 0. The molecule has 0 aliphatic carbocycles. The van der Waals surface area contributed by atoms with Gasteiger partial charge in [0.25, 0.3) is 0 Å². The van der Waals surface area contributed by atoms with Crippen molar-refractivity contribution in [3.05, 3.63) is 205 Å². The standard InChI is InChI=1S/C49H39N3O/c53-49-34-41(48-13-5-8-30-52-48)26-27-45(49)44-10-2-1-9-43(44)42-32-37(16-14-35-18-22-39(23-19-35)46-11-3-6-28-50-46)31-38(33-42)17-15-36-20-24-40(25-21-36)47-12-4-7-29-51-47/h1-13,18-34,53H,14-17H2. The lowest BCUT2D eigenvalue weighted by molar-refractivity contribution is 0.477. The first-order valence-corrected chi connectivity index (χ1v) is 18.1. The number of phenols is 1. The Kier molecular flexibility index (Phi) is 9.93. The van der Waals surface area contributed by atoms with Crippen molar-refractivity contribution in [3.63, 3.8) is 0 Å². The summed E-state index contributed by atoms with van der Waals surface area (Å²) in [5, 5.41) is 11.4. The van der Waals surface area contributed by atoms with E-state index in [0.29, 0.717) is 0 Å². The fourth-order valence-corrected chi connectivity index (χ4v) is 6.96. The molecule has 4 heteroatoms. The normalized spacial score (nSPS) is 11.0. The first-order valence-electron chi connectivity index (χ1n) is 18.1. The Morgan fingerprint density at radius 1 is 0.321 bits per heavy atom. The zero-order chi connectivity index (χ0) is 35.8. The lowest BCUT2D eigenvalue weighted by Gasteiger charge is -2.16. The van der Waals surface area contributed by atoms with Gasteiger partial charge in [0.05, 0.1) is 17.1 Å². The number of nitrogens with zero attached hydrogens (tertiary/aromatic N) is 3. The van der Waals surface area contributed by atoms with Crippen LogP contribution in [0.15, 0.2) is 182 Å². The molecule has 0 unspecified atom stereocenters. The third kappa shape index (κ3) is 7.98. The molecule has 1 N–H and O–H groups in total. The van der Waals surface area contributed by atoms with Crippen molar-refractivity contribution < 1.29 is 5.11 Å². The molecule has 256 valence electrons. The molecule has 0 bridgehead atoms. The van der Waals surface area contributed by atoms with E-state index in [4.69, 9.17) is 0 Å². The van der Waals surface area contributed by atoms with E-state index in [1.807, 2.05) is 91.3 Å². The van der Waals surface area contributed by atoms with E-state index in [2.05, 4.69) is 99.9 Å². The molecule has 0 radical (unpaired) electrons. The van der Waals surface area contributed by atoms with Crippen LogP contribution in [0.4, 0.5) is 0 Å². The van der Waals surface area contributed by atoms with E-state index in [-0.39, 0.29) is 5.75 Å². The van der Waals surface area contributed by atoms with Gasteiger partial charge < -0.3 is 5.11 Å². The molecule has 0 spiro atoms. The van der Waals surface area contributed by atoms with Crippen LogP contribution in [0, 0.1) is 0 Å². The molecule has 0 saturated heterocycles. The highest BCUT2D eigenvalue weighted by Crippen LogP contribution is 2.39. The predicted octanol–water partition coefficient (Wildman–Crippen LogP) is 11.5. The monoisotopic (exact) mass is 685 g/mol. The average molecular weight is 686 g/mol. The summed E-state index contributed by atoms with van der Waals surface area (Å²) in [6.07, 6.45) is 9.12. The van der Waals surface area contributed by atoms with Gasteiger partial charge in [-0.1, -0.05) is 115 Å². The largest absolute Gasteiger partial charge is 0.507 e. The van der Waals surface area contributed by atoms with E-state index in [0.717, 1.165) is 81.7 Å². The summed E-state index contributed by atoms with van der Waals surface area (Å²) in [5.41, 5.74) is 15.1. The van der Waals surface area contributed by atoms with Crippen LogP contribution < -0.4 is 0 Å². The maximum atomic E-state index is 11.4. The smallest absolute Gasteiger partial charge is 0.124 e. The SMILES string of the molecule is Oc1cc(-c2ccccn2)ccc1-c1ccccc1-c1cc(CCc2ccc(-c3ccccn3)cc2)cc(CCc2ccc(-c3ccccn3)cc2)c1. The van der Waals surface area contributed by atoms with Crippen molar-refractivity contribution in [2.24, 2.45) is 0 Å². The molecule has 0 saturated carbocycles. The molecule has 5 aromatic carbocycles. The summed E-state index contributed by atoms with van der Waals surface area (Å²) < 4.78 is 0. The van der Waals surface area contributed by atoms with Crippen molar-refractivity contribution in [1.29, 1.82) is 0 Å². The molecule has 0 amide bonds. The van der Waals surface area contributed by atoms with Crippen LogP contribution in [0.3, 0.4) is 0 Å². The molecule has 0 aliphatic heterocycles. The van der Waals surface area contributed by atoms with Crippen molar-refractivity contribution in [3.8, 4) is 61.8 Å². The van der Waals surface area contributed by atoms with E-state index in [9.17, 15) is 5.11 Å². The number of pyridine rings is 3. The quantitative estimate of drug-likeness (QED) is 0.147. The number of aromatic nitrogens is 3. The van der Waals surface area contributed by atoms with Gasteiger partial charge in [-0.05, 0) is 113 Å². The number of benzene rings is 5. The second-order valence-corrected chi connectivity index (χ2v) is 13.4. The first-order chi connectivity index (χ1) is 26.2. The molecular weight excluding hydrogens is 647 g/mol. The second-order valence-electron chi connectivity index (χ2n) is 13.4. The Labute approximate surface area is 311 Å². The second kappa shape index (κ2) is 15.7. The average Bonchev–Trinajstić information content (AvgIpc) is 3.23. The van der Waals surface area contributed by atoms with Gasteiger partial charge in [-0.15, -0.1) is 0 Å². The zero-order valence-electron chi connectivity index (χ0n) is 29.4. The Bertz CT molecular complexity index is 2320. The molecule has 3 heterocycles. The third-order valence-corrected chi connectivity index (χ3v) is 9.77. The van der Waals surface area contributed by atoms with Crippen LogP contribution in [-0.4, -0.2) is 20.1 Å². The van der Waals surface area contributed by atoms with Crippen LogP contribution in [0.5, 0.6) is 5.75 Å². The highest BCUT2D eigenvalue weighted by molar-refractivity contribution is 5.87. The first kappa shape index (κ1) is 33.5. The zero-order valence-corrected chi connectivity index (χ0v) is 29.4. The minimum atomic E-state index is 0.236. The van der Waals surface area contributed by atoms with Crippen molar-refractivity contribution in [1.82, 2.24) is 15.0 Å². The maximum absolute atomic E-state index is 11.4. The molecule has 8 rings (SSSR count). The molecule has 8 aromatic rings. The van der Waals surface area contributed by atoms with Crippen molar-refractivity contribution in [2.75, 3.05) is 0 Å². The lowest BCUT2D eigenvalue weighted by Crippen LogP contribution is -1.98. The molecule has 0 aliphatic rings. The van der Waals surface area contributed by atoms with Crippen molar-refractivity contribution >= 4 is 0 Å². The van der Waals surface area contributed by atoms with Crippen LogP contribution in [0.25, 0.3) is 56.0 Å². The molecule has 4 nitrogen and oxygen atoms in total. The fourth-order valence-electron chi connectivity index (χ4n) is 6.96. The van der Waals surface area contributed by atoms with Gasteiger partial charge in [-0.25, -0.2) is 0 Å². The minimum Gasteiger partial charge on any atom is -0.507 e. The van der Waals surface area contributed by atoms with Gasteiger partial charge in [0.15, 0.2) is 0 Å². The van der Waals surface area contributed by atoms with Crippen LogP contribution in [0.1, 0.15) is 22.3 Å². The van der Waals surface area contributed by atoms with Gasteiger partial charge in [0, 0.05) is 40.8 Å². The Morgan fingerprint density at radius 2 is 0.755 bits per heavy atom. The van der Waals surface area contributed by atoms with Crippen LogP contribution in [-0.2, 0) is 25.7 Å². The maximum Gasteiger partial charge on any atom is 0.124 e. The predicted molar refractivity (Wildman–Crippen MR) is 216 cm³/mol. The van der Waals surface area contributed by atoms with Crippen LogP contribution >= 0.6 is 0 Å². The molecule has 3 aromatic heterocycles. The highest BCUT2D eigenvalue weighted by Gasteiger charge is 2.14. The number of aromatic hydroxyl groups is 1. The molecule has 53 heavy (non-hydrogen) atoms. The summed E-state index contributed by atoms with van der Waals surface area (Å²) in [6.45, 7) is 0. The third-order valence-electron chi connectivity index (χ3n) is 9.77. The van der Waals surface area contributed by atoms with Gasteiger partial charge in [0.1, 0.15) is 5.75 Å².